The largest absolute Gasteiger partial charge is 0.456 e. The van der Waals surface area contributed by atoms with E-state index >= 15 is 0 Å². The minimum atomic E-state index is 0.878. The summed E-state index contributed by atoms with van der Waals surface area (Å²) in [5, 5.41) is 9.25. The standard InChI is InChI=1S/C50H31NO2/c1-2-11-35-29-37(20-19-32(35)9-1)36-12-7-13-39(30-36)51(40-26-28-47-45(31-40)43-15-5-6-17-46(43)52-47)38-24-21-34(22-25-38)41-16-8-18-48-49(41)44-27-23-33-10-3-4-14-42(33)50(44)53-48/h1-31H. The maximum atomic E-state index is 6.52. The van der Waals surface area contributed by atoms with Gasteiger partial charge in [0.25, 0.3) is 0 Å². The molecule has 0 bridgehead atoms. The number of fused-ring (bicyclic) bond motifs is 9. The second-order valence-corrected chi connectivity index (χ2v) is 13.7. The highest BCUT2D eigenvalue weighted by molar-refractivity contribution is 6.19. The Bertz CT molecular complexity index is 3180. The summed E-state index contributed by atoms with van der Waals surface area (Å²) >= 11 is 0. The van der Waals surface area contributed by atoms with Crippen molar-refractivity contribution in [3.63, 3.8) is 0 Å². The lowest BCUT2D eigenvalue weighted by molar-refractivity contribution is 0.669. The fourth-order valence-corrected chi connectivity index (χ4v) is 8.08. The van der Waals surface area contributed by atoms with Crippen LogP contribution < -0.4 is 4.90 Å². The van der Waals surface area contributed by atoms with Crippen LogP contribution >= 0.6 is 0 Å². The van der Waals surface area contributed by atoms with Crippen molar-refractivity contribution < 1.29 is 8.83 Å². The Kier molecular flexibility index (Phi) is 6.55. The molecular weight excluding hydrogens is 647 g/mol. The number of benzene rings is 9. The number of furan rings is 2. The number of anilines is 3. The Morgan fingerprint density at radius 2 is 0.981 bits per heavy atom. The average molecular weight is 678 g/mol. The zero-order chi connectivity index (χ0) is 34.9. The van der Waals surface area contributed by atoms with Gasteiger partial charge in [0.2, 0.25) is 0 Å². The minimum Gasteiger partial charge on any atom is -0.456 e. The summed E-state index contributed by atoms with van der Waals surface area (Å²) in [6.07, 6.45) is 0. The average Bonchev–Trinajstić information content (AvgIpc) is 3.80. The molecule has 0 unspecified atom stereocenters. The van der Waals surface area contributed by atoms with E-state index in [4.69, 9.17) is 8.83 Å². The highest BCUT2D eigenvalue weighted by atomic mass is 16.3. The van der Waals surface area contributed by atoms with Gasteiger partial charge in [-0.15, -0.1) is 0 Å². The molecule has 0 radical (unpaired) electrons. The normalized spacial score (nSPS) is 11.8. The van der Waals surface area contributed by atoms with E-state index in [9.17, 15) is 0 Å². The first kappa shape index (κ1) is 29.6. The van der Waals surface area contributed by atoms with Crippen LogP contribution in [-0.4, -0.2) is 0 Å². The molecule has 3 nitrogen and oxygen atoms in total. The lowest BCUT2D eigenvalue weighted by atomic mass is 9.97. The van der Waals surface area contributed by atoms with E-state index in [-0.39, 0.29) is 0 Å². The van der Waals surface area contributed by atoms with E-state index in [1.807, 2.05) is 12.1 Å². The van der Waals surface area contributed by atoms with Crippen molar-refractivity contribution in [3.8, 4) is 22.3 Å². The third kappa shape index (κ3) is 4.82. The van der Waals surface area contributed by atoms with Crippen LogP contribution in [0.2, 0.25) is 0 Å². The number of nitrogens with zero attached hydrogens (tertiary/aromatic N) is 1. The van der Waals surface area contributed by atoms with Crippen LogP contribution in [0.1, 0.15) is 0 Å². The topological polar surface area (TPSA) is 29.5 Å². The van der Waals surface area contributed by atoms with Crippen molar-refractivity contribution >= 4 is 82.5 Å². The lowest BCUT2D eigenvalue weighted by Crippen LogP contribution is -2.10. The van der Waals surface area contributed by atoms with Gasteiger partial charge in [0.1, 0.15) is 22.3 Å². The molecule has 0 N–H and O–H groups in total. The molecular formula is C50H31NO2. The molecule has 0 atom stereocenters. The summed E-state index contributed by atoms with van der Waals surface area (Å²) in [5.74, 6) is 0. The van der Waals surface area contributed by atoms with Gasteiger partial charge >= 0.3 is 0 Å². The maximum Gasteiger partial charge on any atom is 0.143 e. The second kappa shape index (κ2) is 11.7. The SMILES string of the molecule is c1cc(-c2ccc3ccccc3c2)cc(N(c2ccc(-c3cccc4oc5c6ccccc6ccc5c34)cc2)c2ccc3oc4ccccc4c3c2)c1. The van der Waals surface area contributed by atoms with E-state index in [0.29, 0.717) is 0 Å². The maximum absolute atomic E-state index is 6.52. The van der Waals surface area contributed by atoms with Crippen molar-refractivity contribution in [1.82, 2.24) is 0 Å². The Hall–Kier alpha value is -7.10. The van der Waals surface area contributed by atoms with Gasteiger partial charge in [0.15, 0.2) is 0 Å². The number of para-hydroxylation sites is 1. The summed E-state index contributed by atoms with van der Waals surface area (Å²) < 4.78 is 12.8. The Labute approximate surface area is 305 Å². The first-order valence-electron chi connectivity index (χ1n) is 18.0. The van der Waals surface area contributed by atoms with Crippen molar-refractivity contribution in [1.29, 1.82) is 0 Å². The van der Waals surface area contributed by atoms with Gasteiger partial charge in [-0.3, -0.25) is 0 Å². The van der Waals surface area contributed by atoms with Crippen molar-refractivity contribution in [2.24, 2.45) is 0 Å². The van der Waals surface area contributed by atoms with Crippen LogP contribution in [-0.2, 0) is 0 Å². The fraction of sp³-hybridized carbons (Fsp3) is 0. The third-order valence-electron chi connectivity index (χ3n) is 10.6. The predicted octanol–water partition coefficient (Wildman–Crippen LogP) is 14.6. The summed E-state index contributed by atoms with van der Waals surface area (Å²) in [6.45, 7) is 0. The van der Waals surface area contributed by atoms with Crippen LogP contribution in [0.25, 0.3) is 87.7 Å². The zero-order valence-corrected chi connectivity index (χ0v) is 28.7. The van der Waals surface area contributed by atoms with E-state index < -0.39 is 0 Å². The molecule has 0 aliphatic heterocycles. The van der Waals surface area contributed by atoms with Gasteiger partial charge in [0, 0.05) is 44.0 Å². The number of rotatable bonds is 5. The predicted molar refractivity (Wildman–Crippen MR) is 222 cm³/mol. The first-order valence-corrected chi connectivity index (χ1v) is 18.0. The Morgan fingerprint density at radius 1 is 0.321 bits per heavy atom. The van der Waals surface area contributed by atoms with Crippen LogP contribution in [0.3, 0.4) is 0 Å². The minimum absolute atomic E-state index is 0.878. The van der Waals surface area contributed by atoms with Gasteiger partial charge in [-0.25, -0.2) is 0 Å². The molecule has 11 aromatic rings. The molecule has 53 heavy (non-hydrogen) atoms. The van der Waals surface area contributed by atoms with Crippen LogP contribution in [0.5, 0.6) is 0 Å². The molecule has 248 valence electrons. The van der Waals surface area contributed by atoms with Crippen molar-refractivity contribution in [2.45, 2.75) is 0 Å². The smallest absolute Gasteiger partial charge is 0.143 e. The molecule has 0 aliphatic rings. The molecule has 0 spiro atoms. The molecule has 0 fully saturated rings. The summed E-state index contributed by atoms with van der Waals surface area (Å²) in [4.78, 5) is 2.34. The van der Waals surface area contributed by atoms with Gasteiger partial charge in [0.05, 0.1) is 0 Å². The van der Waals surface area contributed by atoms with Crippen LogP contribution in [0.4, 0.5) is 17.1 Å². The molecule has 0 amide bonds. The number of hydrogen-bond donors (Lipinski definition) is 0. The molecule has 9 aromatic carbocycles. The molecule has 11 rings (SSSR count). The summed E-state index contributed by atoms with van der Waals surface area (Å²) in [6, 6.07) is 66.9. The van der Waals surface area contributed by atoms with Gasteiger partial charge < -0.3 is 13.7 Å². The number of hydrogen-bond acceptors (Lipinski definition) is 3. The first-order chi connectivity index (χ1) is 26.2. The molecule has 3 heteroatoms. The van der Waals surface area contributed by atoms with Gasteiger partial charge in [-0.2, -0.15) is 0 Å². The Balaban J connectivity index is 1.06. The highest BCUT2D eigenvalue weighted by Crippen LogP contribution is 2.43. The van der Waals surface area contributed by atoms with Gasteiger partial charge in [-0.1, -0.05) is 121 Å². The van der Waals surface area contributed by atoms with E-state index in [1.165, 1.54) is 21.7 Å². The van der Waals surface area contributed by atoms with Crippen molar-refractivity contribution in [3.05, 3.63) is 188 Å². The Morgan fingerprint density at radius 3 is 1.89 bits per heavy atom. The monoisotopic (exact) mass is 677 g/mol. The fourth-order valence-electron chi connectivity index (χ4n) is 8.08. The lowest BCUT2D eigenvalue weighted by Gasteiger charge is -2.26. The summed E-state index contributed by atoms with van der Waals surface area (Å²) in [7, 11) is 0. The molecule has 2 aromatic heterocycles. The molecule has 0 saturated carbocycles. The van der Waals surface area contributed by atoms with E-state index in [1.54, 1.807) is 0 Å². The zero-order valence-electron chi connectivity index (χ0n) is 28.7. The van der Waals surface area contributed by atoms with Crippen LogP contribution in [0, 0.1) is 0 Å². The molecule has 0 aliphatic carbocycles. The summed E-state index contributed by atoms with van der Waals surface area (Å²) in [5.41, 5.74) is 11.4. The molecule has 0 saturated heterocycles. The van der Waals surface area contributed by atoms with E-state index in [0.717, 1.165) is 83.0 Å². The van der Waals surface area contributed by atoms with E-state index in [2.05, 4.69) is 181 Å². The van der Waals surface area contributed by atoms with Crippen LogP contribution in [0.15, 0.2) is 197 Å². The highest BCUT2D eigenvalue weighted by Gasteiger charge is 2.18. The van der Waals surface area contributed by atoms with Crippen molar-refractivity contribution in [2.75, 3.05) is 4.90 Å². The molecule has 2 heterocycles. The second-order valence-electron chi connectivity index (χ2n) is 13.7. The quantitative estimate of drug-likeness (QED) is 0.182. The third-order valence-corrected chi connectivity index (χ3v) is 10.6. The van der Waals surface area contributed by atoms with Gasteiger partial charge in [-0.05, 0) is 105 Å².